The Morgan fingerprint density at radius 3 is 2.71 bits per heavy atom. The number of aromatic nitrogens is 2. The van der Waals surface area contributed by atoms with Gasteiger partial charge >= 0.3 is 0 Å². The van der Waals surface area contributed by atoms with Gasteiger partial charge in [-0.25, -0.2) is 9.97 Å². The van der Waals surface area contributed by atoms with Gasteiger partial charge in [-0.15, -0.1) is 0 Å². The molecule has 1 aromatic heterocycles. The van der Waals surface area contributed by atoms with E-state index < -0.39 is 0 Å². The van der Waals surface area contributed by atoms with Gasteiger partial charge in [0.05, 0.1) is 0 Å². The minimum absolute atomic E-state index is 0.270. The number of aryl methyl sites for hydroxylation is 1. The molecule has 1 aromatic carbocycles. The molecule has 0 atom stereocenters. The number of rotatable bonds is 7. The molecule has 1 aliphatic heterocycles. The SMILES string of the molecule is Cc1nc(NCCCN(C)C)cc(Nc2ccc3c(c2)OCO3)n1. The zero-order chi connectivity index (χ0) is 16.9. The van der Waals surface area contributed by atoms with Gasteiger partial charge in [-0.05, 0) is 46.1 Å². The smallest absolute Gasteiger partial charge is 0.231 e. The fourth-order valence-corrected chi connectivity index (χ4v) is 2.46. The Morgan fingerprint density at radius 1 is 1.08 bits per heavy atom. The monoisotopic (exact) mass is 329 g/mol. The lowest BCUT2D eigenvalue weighted by Crippen LogP contribution is -2.16. The molecule has 0 saturated heterocycles. The van der Waals surface area contributed by atoms with Crippen LogP contribution >= 0.6 is 0 Å². The molecule has 128 valence electrons. The van der Waals surface area contributed by atoms with E-state index in [9.17, 15) is 0 Å². The Kier molecular flexibility index (Phi) is 5.00. The van der Waals surface area contributed by atoms with E-state index in [0.29, 0.717) is 0 Å². The van der Waals surface area contributed by atoms with Crippen molar-refractivity contribution >= 4 is 17.3 Å². The summed E-state index contributed by atoms with van der Waals surface area (Å²) in [4.78, 5) is 11.0. The second-order valence-electron chi connectivity index (χ2n) is 5.96. The average Bonchev–Trinajstić information content (AvgIpc) is 2.98. The summed E-state index contributed by atoms with van der Waals surface area (Å²) < 4.78 is 10.7. The molecule has 2 heterocycles. The first-order valence-electron chi connectivity index (χ1n) is 8.01. The molecule has 0 amide bonds. The van der Waals surface area contributed by atoms with Crippen molar-refractivity contribution in [2.75, 3.05) is 44.6 Å². The highest BCUT2D eigenvalue weighted by Gasteiger charge is 2.13. The van der Waals surface area contributed by atoms with E-state index >= 15 is 0 Å². The van der Waals surface area contributed by atoms with Crippen LogP contribution in [0.2, 0.25) is 0 Å². The van der Waals surface area contributed by atoms with Crippen LogP contribution in [0.5, 0.6) is 11.5 Å². The normalized spacial score (nSPS) is 12.5. The largest absolute Gasteiger partial charge is 0.454 e. The van der Waals surface area contributed by atoms with Gasteiger partial charge in [0.2, 0.25) is 6.79 Å². The third kappa shape index (κ3) is 4.26. The van der Waals surface area contributed by atoms with Crippen molar-refractivity contribution < 1.29 is 9.47 Å². The van der Waals surface area contributed by atoms with Crippen LogP contribution in [0.15, 0.2) is 24.3 Å². The maximum Gasteiger partial charge on any atom is 0.231 e. The first-order chi connectivity index (χ1) is 11.6. The van der Waals surface area contributed by atoms with Crippen molar-refractivity contribution in [1.82, 2.24) is 14.9 Å². The van der Waals surface area contributed by atoms with Gasteiger partial charge in [0.25, 0.3) is 0 Å². The van der Waals surface area contributed by atoms with Crippen LogP contribution in [0, 0.1) is 6.92 Å². The predicted octanol–water partition coefficient (Wildman–Crippen LogP) is 2.62. The minimum Gasteiger partial charge on any atom is -0.454 e. The number of ether oxygens (including phenoxy) is 2. The Labute approximate surface area is 142 Å². The maximum atomic E-state index is 5.40. The van der Waals surface area contributed by atoms with Crippen molar-refractivity contribution in [2.45, 2.75) is 13.3 Å². The first-order valence-corrected chi connectivity index (χ1v) is 8.01. The molecule has 2 N–H and O–H groups in total. The van der Waals surface area contributed by atoms with Gasteiger partial charge in [-0.1, -0.05) is 0 Å². The van der Waals surface area contributed by atoms with Crippen LogP contribution in [0.3, 0.4) is 0 Å². The van der Waals surface area contributed by atoms with Crippen LogP contribution in [0.4, 0.5) is 17.3 Å². The molecule has 0 radical (unpaired) electrons. The molecule has 0 aliphatic carbocycles. The number of hydrogen-bond donors (Lipinski definition) is 2. The van der Waals surface area contributed by atoms with Gasteiger partial charge in [-0.2, -0.15) is 0 Å². The van der Waals surface area contributed by atoms with E-state index in [2.05, 4.69) is 39.6 Å². The molecule has 1 aliphatic rings. The van der Waals surface area contributed by atoms with Crippen molar-refractivity contribution in [3.63, 3.8) is 0 Å². The van der Waals surface area contributed by atoms with Gasteiger partial charge < -0.3 is 25.0 Å². The number of benzene rings is 1. The summed E-state index contributed by atoms with van der Waals surface area (Å²) in [7, 11) is 4.14. The zero-order valence-electron chi connectivity index (χ0n) is 14.3. The topological polar surface area (TPSA) is 71.5 Å². The van der Waals surface area contributed by atoms with Gasteiger partial charge in [0, 0.05) is 24.4 Å². The Morgan fingerprint density at radius 2 is 1.88 bits per heavy atom. The van der Waals surface area contributed by atoms with Crippen molar-refractivity contribution in [3.8, 4) is 11.5 Å². The van der Waals surface area contributed by atoms with Crippen molar-refractivity contribution in [2.24, 2.45) is 0 Å². The van der Waals surface area contributed by atoms with E-state index in [1.807, 2.05) is 31.2 Å². The second kappa shape index (κ2) is 7.35. The van der Waals surface area contributed by atoms with E-state index in [0.717, 1.165) is 54.2 Å². The highest BCUT2D eigenvalue weighted by Crippen LogP contribution is 2.35. The van der Waals surface area contributed by atoms with Crippen molar-refractivity contribution in [3.05, 3.63) is 30.1 Å². The van der Waals surface area contributed by atoms with Gasteiger partial charge in [0.1, 0.15) is 17.5 Å². The van der Waals surface area contributed by atoms with Crippen LogP contribution in [0.25, 0.3) is 0 Å². The molecule has 2 aromatic rings. The Hall–Kier alpha value is -2.54. The molecule has 0 spiro atoms. The summed E-state index contributed by atoms with van der Waals surface area (Å²) >= 11 is 0. The maximum absolute atomic E-state index is 5.40. The lowest BCUT2D eigenvalue weighted by Gasteiger charge is -2.12. The molecule has 24 heavy (non-hydrogen) atoms. The summed E-state index contributed by atoms with van der Waals surface area (Å²) in [5.41, 5.74) is 0.899. The quantitative estimate of drug-likeness (QED) is 0.757. The summed E-state index contributed by atoms with van der Waals surface area (Å²) in [6.07, 6.45) is 1.06. The summed E-state index contributed by atoms with van der Waals surface area (Å²) in [5, 5.41) is 6.63. The van der Waals surface area contributed by atoms with Crippen molar-refractivity contribution in [1.29, 1.82) is 0 Å². The van der Waals surface area contributed by atoms with Crippen LogP contribution < -0.4 is 20.1 Å². The van der Waals surface area contributed by atoms with Crippen LogP contribution in [0.1, 0.15) is 12.2 Å². The third-order valence-corrected chi connectivity index (χ3v) is 3.57. The van der Waals surface area contributed by atoms with E-state index in [1.165, 1.54) is 0 Å². The Bertz CT molecular complexity index is 705. The molecule has 0 bridgehead atoms. The van der Waals surface area contributed by atoms with Gasteiger partial charge in [-0.3, -0.25) is 0 Å². The molecule has 7 heteroatoms. The second-order valence-corrected chi connectivity index (χ2v) is 5.96. The Balaban J connectivity index is 1.65. The molecule has 0 fully saturated rings. The summed E-state index contributed by atoms with van der Waals surface area (Å²) in [6.45, 7) is 4.07. The lowest BCUT2D eigenvalue weighted by molar-refractivity contribution is 0.174. The van der Waals surface area contributed by atoms with Crippen LogP contribution in [-0.2, 0) is 0 Å². The fourth-order valence-electron chi connectivity index (χ4n) is 2.46. The lowest BCUT2D eigenvalue weighted by atomic mass is 10.3. The molecule has 0 saturated carbocycles. The van der Waals surface area contributed by atoms with E-state index in [-0.39, 0.29) is 6.79 Å². The molecular weight excluding hydrogens is 306 g/mol. The molecule has 3 rings (SSSR count). The van der Waals surface area contributed by atoms with E-state index in [4.69, 9.17) is 9.47 Å². The number of anilines is 3. The first kappa shape index (κ1) is 16.3. The zero-order valence-corrected chi connectivity index (χ0v) is 14.3. The number of nitrogens with zero attached hydrogens (tertiary/aromatic N) is 3. The van der Waals surface area contributed by atoms with Gasteiger partial charge in [0.15, 0.2) is 11.5 Å². The number of nitrogens with one attached hydrogen (secondary N) is 2. The number of hydrogen-bond acceptors (Lipinski definition) is 7. The molecule has 7 nitrogen and oxygen atoms in total. The minimum atomic E-state index is 0.270. The summed E-state index contributed by atoms with van der Waals surface area (Å²) in [6, 6.07) is 7.64. The fraction of sp³-hybridized carbons (Fsp3) is 0.412. The average molecular weight is 329 g/mol. The highest BCUT2D eigenvalue weighted by molar-refractivity contribution is 5.63. The highest BCUT2D eigenvalue weighted by atomic mass is 16.7. The molecular formula is C17H23N5O2. The summed E-state index contributed by atoms with van der Waals surface area (Å²) in [5.74, 6) is 3.80. The third-order valence-electron chi connectivity index (χ3n) is 3.57. The number of fused-ring (bicyclic) bond motifs is 1. The molecule has 0 unspecified atom stereocenters. The standard InChI is InChI=1S/C17H23N5O2/c1-12-19-16(18-7-4-8-22(2)3)10-17(20-12)21-13-5-6-14-15(9-13)24-11-23-14/h5-6,9-10H,4,7-8,11H2,1-3H3,(H2,18,19,20,21). The van der Waals surface area contributed by atoms with E-state index in [1.54, 1.807) is 0 Å². The van der Waals surface area contributed by atoms with Crippen LogP contribution in [-0.4, -0.2) is 48.8 Å². The predicted molar refractivity (Wildman–Crippen MR) is 94.3 cm³/mol.